The van der Waals surface area contributed by atoms with Crippen LogP contribution in [0.2, 0.25) is 0 Å². The van der Waals surface area contributed by atoms with E-state index in [0.717, 1.165) is 36.2 Å². The largest absolute Gasteiger partial charge is 0.381 e. The van der Waals surface area contributed by atoms with Gasteiger partial charge in [0.05, 0.1) is 17.8 Å². The summed E-state index contributed by atoms with van der Waals surface area (Å²) in [7, 11) is 0. The monoisotopic (exact) mass is 268 g/mol. The minimum absolute atomic E-state index is 0.234. The number of hydrogen-bond acceptors (Lipinski definition) is 5. The van der Waals surface area contributed by atoms with Crippen molar-refractivity contribution in [1.82, 2.24) is 10.2 Å². The topological polar surface area (TPSA) is 70.8 Å². The standard InChI is InChI=1S/C15H16N4O/c1-10(11-6-7-20-9-11)17-15-12-4-2-3-5-13(12)18-19-14(15)8-16/h2-5,10-11H,6-7,9H2,1H3,(H,17,18). The van der Waals surface area contributed by atoms with Gasteiger partial charge in [-0.25, -0.2) is 0 Å². The summed E-state index contributed by atoms with van der Waals surface area (Å²) in [5.74, 6) is 0.466. The summed E-state index contributed by atoms with van der Waals surface area (Å²) >= 11 is 0. The summed E-state index contributed by atoms with van der Waals surface area (Å²) in [6, 6.07) is 10.1. The van der Waals surface area contributed by atoms with Gasteiger partial charge in [-0.05, 0) is 19.4 Å². The molecule has 1 saturated heterocycles. The summed E-state index contributed by atoms with van der Waals surface area (Å²) in [5.41, 5.74) is 1.91. The molecule has 2 unspecified atom stereocenters. The molecule has 0 spiro atoms. The molecule has 102 valence electrons. The van der Waals surface area contributed by atoms with Gasteiger partial charge in [0.15, 0.2) is 5.69 Å². The van der Waals surface area contributed by atoms with Crippen LogP contribution in [0, 0.1) is 17.2 Å². The van der Waals surface area contributed by atoms with Gasteiger partial charge in [0.1, 0.15) is 6.07 Å². The van der Waals surface area contributed by atoms with E-state index >= 15 is 0 Å². The minimum atomic E-state index is 0.234. The molecule has 1 aromatic heterocycles. The van der Waals surface area contributed by atoms with Crippen molar-refractivity contribution in [2.24, 2.45) is 5.92 Å². The molecule has 5 nitrogen and oxygen atoms in total. The molecule has 1 aliphatic heterocycles. The molecule has 2 atom stereocenters. The quantitative estimate of drug-likeness (QED) is 0.925. The van der Waals surface area contributed by atoms with Gasteiger partial charge >= 0.3 is 0 Å². The molecular formula is C15H16N4O. The van der Waals surface area contributed by atoms with E-state index in [-0.39, 0.29) is 6.04 Å². The maximum atomic E-state index is 9.24. The van der Waals surface area contributed by atoms with Crippen LogP contribution >= 0.6 is 0 Å². The second-order valence-electron chi connectivity index (χ2n) is 5.11. The van der Waals surface area contributed by atoms with Gasteiger partial charge in [-0.15, -0.1) is 10.2 Å². The first kappa shape index (κ1) is 12.8. The van der Waals surface area contributed by atoms with E-state index < -0.39 is 0 Å². The predicted molar refractivity (Wildman–Crippen MR) is 76.3 cm³/mol. The average molecular weight is 268 g/mol. The Balaban J connectivity index is 1.98. The van der Waals surface area contributed by atoms with E-state index in [1.807, 2.05) is 24.3 Å². The predicted octanol–water partition coefficient (Wildman–Crippen LogP) is 2.34. The fraction of sp³-hybridized carbons (Fsp3) is 0.400. The highest BCUT2D eigenvalue weighted by Gasteiger charge is 2.23. The fourth-order valence-electron chi connectivity index (χ4n) is 2.57. The van der Waals surface area contributed by atoms with Crippen LogP contribution in [-0.2, 0) is 4.74 Å². The normalized spacial score (nSPS) is 19.7. The van der Waals surface area contributed by atoms with E-state index in [1.165, 1.54) is 0 Å². The van der Waals surface area contributed by atoms with Crippen molar-refractivity contribution >= 4 is 16.6 Å². The van der Waals surface area contributed by atoms with E-state index in [9.17, 15) is 5.26 Å². The van der Waals surface area contributed by atoms with Crippen LogP contribution in [0.25, 0.3) is 10.9 Å². The third kappa shape index (κ3) is 2.30. The fourth-order valence-corrected chi connectivity index (χ4v) is 2.57. The zero-order chi connectivity index (χ0) is 13.9. The molecule has 2 heterocycles. The number of nitriles is 1. The number of ether oxygens (including phenoxy) is 1. The lowest BCUT2D eigenvalue weighted by molar-refractivity contribution is 0.183. The molecule has 1 N–H and O–H groups in total. The highest BCUT2D eigenvalue weighted by molar-refractivity contribution is 5.92. The van der Waals surface area contributed by atoms with E-state index in [1.54, 1.807) is 0 Å². The first-order chi connectivity index (χ1) is 9.79. The zero-order valence-corrected chi connectivity index (χ0v) is 11.3. The van der Waals surface area contributed by atoms with Gasteiger partial charge < -0.3 is 10.1 Å². The van der Waals surface area contributed by atoms with Crippen LogP contribution in [-0.4, -0.2) is 29.5 Å². The Bertz CT molecular complexity index is 658. The van der Waals surface area contributed by atoms with Crippen molar-refractivity contribution in [3.8, 4) is 6.07 Å². The number of rotatable bonds is 3. The number of fused-ring (bicyclic) bond motifs is 1. The molecule has 0 saturated carbocycles. The molecule has 2 aromatic rings. The van der Waals surface area contributed by atoms with Crippen molar-refractivity contribution in [1.29, 1.82) is 5.26 Å². The van der Waals surface area contributed by atoms with Crippen LogP contribution < -0.4 is 5.32 Å². The Hall–Kier alpha value is -2.19. The van der Waals surface area contributed by atoms with Crippen LogP contribution in [0.4, 0.5) is 5.69 Å². The summed E-state index contributed by atoms with van der Waals surface area (Å²) in [4.78, 5) is 0. The smallest absolute Gasteiger partial charge is 0.186 e. The van der Waals surface area contributed by atoms with Crippen molar-refractivity contribution in [3.05, 3.63) is 30.0 Å². The lowest BCUT2D eigenvalue weighted by atomic mass is 10.00. The Morgan fingerprint density at radius 2 is 2.25 bits per heavy atom. The Labute approximate surface area is 117 Å². The number of anilines is 1. The molecule has 3 rings (SSSR count). The SMILES string of the molecule is CC(Nc1c(C#N)nnc2ccccc12)C1CCOC1. The van der Waals surface area contributed by atoms with Crippen molar-refractivity contribution in [2.45, 2.75) is 19.4 Å². The number of nitrogens with one attached hydrogen (secondary N) is 1. The first-order valence-corrected chi connectivity index (χ1v) is 6.79. The van der Waals surface area contributed by atoms with Gasteiger partial charge in [0.25, 0.3) is 0 Å². The summed E-state index contributed by atoms with van der Waals surface area (Å²) in [5, 5.41) is 21.7. The third-order valence-corrected chi connectivity index (χ3v) is 3.82. The summed E-state index contributed by atoms with van der Waals surface area (Å²) < 4.78 is 5.43. The van der Waals surface area contributed by atoms with Crippen molar-refractivity contribution < 1.29 is 4.74 Å². The molecule has 0 radical (unpaired) electrons. The average Bonchev–Trinajstić information content (AvgIpc) is 3.02. The van der Waals surface area contributed by atoms with Gasteiger partial charge in [-0.3, -0.25) is 0 Å². The second-order valence-corrected chi connectivity index (χ2v) is 5.11. The first-order valence-electron chi connectivity index (χ1n) is 6.79. The lowest BCUT2D eigenvalue weighted by Gasteiger charge is -2.21. The van der Waals surface area contributed by atoms with Gasteiger partial charge in [-0.2, -0.15) is 5.26 Å². The molecule has 1 aromatic carbocycles. The second kappa shape index (κ2) is 5.43. The van der Waals surface area contributed by atoms with Crippen LogP contribution in [0.3, 0.4) is 0 Å². The molecule has 1 aliphatic rings. The number of benzene rings is 1. The lowest BCUT2D eigenvalue weighted by Crippen LogP contribution is -2.26. The highest BCUT2D eigenvalue weighted by atomic mass is 16.5. The van der Waals surface area contributed by atoms with Crippen LogP contribution in [0.5, 0.6) is 0 Å². The molecule has 1 fully saturated rings. The Morgan fingerprint density at radius 1 is 1.40 bits per heavy atom. The molecule has 20 heavy (non-hydrogen) atoms. The van der Waals surface area contributed by atoms with E-state index in [4.69, 9.17) is 4.74 Å². The number of aromatic nitrogens is 2. The maximum absolute atomic E-state index is 9.24. The molecule has 0 amide bonds. The zero-order valence-electron chi connectivity index (χ0n) is 11.3. The molecule has 0 aliphatic carbocycles. The molecule has 0 bridgehead atoms. The van der Waals surface area contributed by atoms with Crippen molar-refractivity contribution in [2.75, 3.05) is 18.5 Å². The maximum Gasteiger partial charge on any atom is 0.186 e. The van der Waals surface area contributed by atoms with Gasteiger partial charge in [0.2, 0.25) is 0 Å². The Kier molecular flexibility index (Phi) is 3.48. The minimum Gasteiger partial charge on any atom is -0.381 e. The van der Waals surface area contributed by atoms with Crippen LogP contribution in [0.1, 0.15) is 19.0 Å². The van der Waals surface area contributed by atoms with E-state index in [2.05, 4.69) is 28.5 Å². The number of hydrogen-bond donors (Lipinski definition) is 1. The summed E-state index contributed by atoms with van der Waals surface area (Å²) in [6.07, 6.45) is 1.05. The molecular weight excluding hydrogens is 252 g/mol. The summed E-state index contributed by atoms with van der Waals surface area (Å²) in [6.45, 7) is 3.71. The van der Waals surface area contributed by atoms with Crippen molar-refractivity contribution in [3.63, 3.8) is 0 Å². The molecule has 5 heteroatoms. The Morgan fingerprint density at radius 3 is 3.00 bits per heavy atom. The highest BCUT2D eigenvalue weighted by Crippen LogP contribution is 2.27. The van der Waals surface area contributed by atoms with Gasteiger partial charge in [-0.1, -0.05) is 18.2 Å². The van der Waals surface area contributed by atoms with Crippen LogP contribution in [0.15, 0.2) is 24.3 Å². The van der Waals surface area contributed by atoms with Gasteiger partial charge in [0, 0.05) is 24.0 Å². The van der Waals surface area contributed by atoms with E-state index in [0.29, 0.717) is 11.6 Å². The number of nitrogens with zero attached hydrogens (tertiary/aromatic N) is 3. The third-order valence-electron chi connectivity index (χ3n) is 3.82.